The fraction of sp³-hybridized carbons (Fsp3) is 0.385. The van der Waals surface area contributed by atoms with Crippen molar-refractivity contribution in [3.05, 3.63) is 35.9 Å². The Balaban J connectivity index is 2.19. The first kappa shape index (κ1) is 10.1. The minimum Gasteiger partial charge on any atom is -0.490 e. The number of rotatable bonds is 2. The molecule has 2 heteroatoms. The van der Waals surface area contributed by atoms with Gasteiger partial charge in [0.25, 0.3) is 0 Å². The standard InChI is InChI=1S/C13H17NO/c1-11(2)7-8-14-9-10-15-13-6-4-3-5-12(13)14/h3-7H,8-10H2,1-2H3. The van der Waals surface area contributed by atoms with Crippen LogP contribution in [0.3, 0.4) is 0 Å². The van der Waals surface area contributed by atoms with E-state index in [0.29, 0.717) is 0 Å². The number of nitrogens with zero attached hydrogens (tertiary/aromatic N) is 1. The predicted molar refractivity (Wildman–Crippen MR) is 63.6 cm³/mol. The summed E-state index contributed by atoms with van der Waals surface area (Å²) in [5, 5.41) is 0. The molecule has 1 aromatic carbocycles. The van der Waals surface area contributed by atoms with Crippen molar-refractivity contribution in [2.75, 3.05) is 24.6 Å². The lowest BCUT2D eigenvalue weighted by molar-refractivity contribution is 0.309. The maximum absolute atomic E-state index is 5.60. The molecule has 0 bridgehead atoms. The smallest absolute Gasteiger partial charge is 0.142 e. The third kappa shape index (κ3) is 2.32. The van der Waals surface area contributed by atoms with Gasteiger partial charge in [0, 0.05) is 6.54 Å². The molecule has 0 radical (unpaired) electrons. The molecule has 2 nitrogen and oxygen atoms in total. The second kappa shape index (κ2) is 4.39. The van der Waals surface area contributed by atoms with Crippen molar-refractivity contribution >= 4 is 5.69 Å². The van der Waals surface area contributed by atoms with Crippen LogP contribution in [0.5, 0.6) is 5.75 Å². The number of para-hydroxylation sites is 2. The third-order valence-corrected chi connectivity index (χ3v) is 2.54. The highest BCUT2D eigenvalue weighted by atomic mass is 16.5. The van der Waals surface area contributed by atoms with Crippen molar-refractivity contribution in [3.63, 3.8) is 0 Å². The minimum absolute atomic E-state index is 0.785. The zero-order chi connectivity index (χ0) is 10.7. The van der Waals surface area contributed by atoms with Gasteiger partial charge in [-0.2, -0.15) is 0 Å². The van der Waals surface area contributed by atoms with Crippen molar-refractivity contribution < 1.29 is 4.74 Å². The van der Waals surface area contributed by atoms with Crippen LogP contribution in [-0.4, -0.2) is 19.7 Å². The number of benzene rings is 1. The molecule has 0 aromatic heterocycles. The Labute approximate surface area is 91.2 Å². The van der Waals surface area contributed by atoms with E-state index in [4.69, 9.17) is 4.74 Å². The Morgan fingerprint density at radius 3 is 3.00 bits per heavy atom. The van der Waals surface area contributed by atoms with Crippen LogP contribution in [0.15, 0.2) is 35.9 Å². The number of allylic oxidation sites excluding steroid dienone is 1. The van der Waals surface area contributed by atoms with E-state index in [1.807, 2.05) is 12.1 Å². The van der Waals surface area contributed by atoms with E-state index in [9.17, 15) is 0 Å². The van der Waals surface area contributed by atoms with Crippen LogP contribution in [-0.2, 0) is 0 Å². The largest absolute Gasteiger partial charge is 0.490 e. The molecule has 80 valence electrons. The summed E-state index contributed by atoms with van der Waals surface area (Å²) in [6.45, 7) is 7.00. The summed E-state index contributed by atoms with van der Waals surface area (Å²) in [5.41, 5.74) is 2.57. The van der Waals surface area contributed by atoms with Gasteiger partial charge in [-0.3, -0.25) is 0 Å². The molecule has 1 aliphatic heterocycles. The highest BCUT2D eigenvalue weighted by molar-refractivity contribution is 5.60. The van der Waals surface area contributed by atoms with Gasteiger partial charge in [-0.05, 0) is 26.0 Å². The molecule has 1 aliphatic rings. The van der Waals surface area contributed by atoms with E-state index in [1.165, 1.54) is 11.3 Å². The normalized spacial score (nSPS) is 14.1. The molecule has 0 atom stereocenters. The van der Waals surface area contributed by atoms with Gasteiger partial charge in [-0.15, -0.1) is 0 Å². The summed E-state index contributed by atoms with van der Waals surface area (Å²) in [6.07, 6.45) is 2.25. The number of hydrogen-bond donors (Lipinski definition) is 0. The summed E-state index contributed by atoms with van der Waals surface area (Å²) < 4.78 is 5.60. The van der Waals surface area contributed by atoms with Crippen LogP contribution >= 0.6 is 0 Å². The van der Waals surface area contributed by atoms with Gasteiger partial charge in [0.05, 0.1) is 12.2 Å². The molecule has 0 spiro atoms. The molecule has 0 saturated carbocycles. The topological polar surface area (TPSA) is 12.5 Å². The molecular formula is C13H17NO. The van der Waals surface area contributed by atoms with Crippen LogP contribution in [0.1, 0.15) is 13.8 Å². The summed E-state index contributed by atoms with van der Waals surface area (Å²) >= 11 is 0. The summed E-state index contributed by atoms with van der Waals surface area (Å²) in [7, 11) is 0. The molecule has 0 N–H and O–H groups in total. The van der Waals surface area contributed by atoms with E-state index >= 15 is 0 Å². The van der Waals surface area contributed by atoms with Crippen LogP contribution < -0.4 is 9.64 Å². The lowest BCUT2D eigenvalue weighted by Gasteiger charge is -2.30. The molecule has 15 heavy (non-hydrogen) atoms. The van der Waals surface area contributed by atoms with Gasteiger partial charge in [-0.25, -0.2) is 0 Å². The highest BCUT2D eigenvalue weighted by Crippen LogP contribution is 2.30. The molecule has 1 heterocycles. The fourth-order valence-electron chi connectivity index (χ4n) is 1.71. The molecule has 0 saturated heterocycles. The van der Waals surface area contributed by atoms with Crippen molar-refractivity contribution in [1.82, 2.24) is 0 Å². The average molecular weight is 203 g/mol. The molecule has 0 amide bonds. The highest BCUT2D eigenvalue weighted by Gasteiger charge is 2.15. The van der Waals surface area contributed by atoms with Gasteiger partial charge < -0.3 is 9.64 Å². The SMILES string of the molecule is CC(C)=CCN1CCOc2ccccc21. The van der Waals surface area contributed by atoms with E-state index < -0.39 is 0 Å². The Hall–Kier alpha value is -1.44. The Kier molecular flexibility index (Phi) is 2.95. The fourth-order valence-corrected chi connectivity index (χ4v) is 1.71. The number of ether oxygens (including phenoxy) is 1. The average Bonchev–Trinajstić information content (AvgIpc) is 2.26. The zero-order valence-electron chi connectivity index (χ0n) is 9.36. The summed E-state index contributed by atoms with van der Waals surface area (Å²) in [4.78, 5) is 2.35. The van der Waals surface area contributed by atoms with E-state index in [0.717, 1.165) is 25.4 Å². The van der Waals surface area contributed by atoms with E-state index in [-0.39, 0.29) is 0 Å². The number of hydrogen-bond acceptors (Lipinski definition) is 2. The maximum Gasteiger partial charge on any atom is 0.142 e. The van der Waals surface area contributed by atoms with Gasteiger partial charge in [-0.1, -0.05) is 23.8 Å². The first-order chi connectivity index (χ1) is 7.27. The number of fused-ring (bicyclic) bond motifs is 1. The zero-order valence-corrected chi connectivity index (χ0v) is 9.36. The van der Waals surface area contributed by atoms with Crippen LogP contribution in [0.25, 0.3) is 0 Å². The molecule has 1 aromatic rings. The minimum atomic E-state index is 0.785. The first-order valence-electron chi connectivity index (χ1n) is 5.37. The van der Waals surface area contributed by atoms with Crippen LogP contribution in [0.2, 0.25) is 0 Å². The van der Waals surface area contributed by atoms with Crippen LogP contribution in [0, 0.1) is 0 Å². The van der Waals surface area contributed by atoms with Gasteiger partial charge in [0.2, 0.25) is 0 Å². The Morgan fingerprint density at radius 1 is 1.40 bits per heavy atom. The van der Waals surface area contributed by atoms with Gasteiger partial charge in [0.15, 0.2) is 0 Å². The van der Waals surface area contributed by atoms with E-state index in [2.05, 4.69) is 37.0 Å². The molecule has 2 rings (SSSR count). The lowest BCUT2D eigenvalue weighted by atomic mass is 10.2. The quantitative estimate of drug-likeness (QED) is 0.685. The van der Waals surface area contributed by atoms with Crippen molar-refractivity contribution in [2.24, 2.45) is 0 Å². The van der Waals surface area contributed by atoms with Crippen molar-refractivity contribution in [3.8, 4) is 5.75 Å². The second-order valence-electron chi connectivity index (χ2n) is 4.04. The predicted octanol–water partition coefficient (Wildman–Crippen LogP) is 2.85. The number of anilines is 1. The Morgan fingerprint density at radius 2 is 2.20 bits per heavy atom. The van der Waals surface area contributed by atoms with E-state index in [1.54, 1.807) is 0 Å². The van der Waals surface area contributed by atoms with Crippen molar-refractivity contribution in [2.45, 2.75) is 13.8 Å². The van der Waals surface area contributed by atoms with Gasteiger partial charge in [0.1, 0.15) is 12.4 Å². The monoisotopic (exact) mass is 203 g/mol. The Bertz CT molecular complexity index is 367. The maximum atomic E-state index is 5.60. The molecular weight excluding hydrogens is 186 g/mol. The third-order valence-electron chi connectivity index (χ3n) is 2.54. The second-order valence-corrected chi connectivity index (χ2v) is 4.04. The summed E-state index contributed by atoms with van der Waals surface area (Å²) in [6, 6.07) is 8.23. The summed E-state index contributed by atoms with van der Waals surface area (Å²) in [5.74, 6) is 1.01. The van der Waals surface area contributed by atoms with Gasteiger partial charge >= 0.3 is 0 Å². The lowest BCUT2D eigenvalue weighted by Crippen LogP contribution is -2.32. The van der Waals surface area contributed by atoms with Crippen LogP contribution in [0.4, 0.5) is 5.69 Å². The first-order valence-corrected chi connectivity index (χ1v) is 5.37. The molecule has 0 unspecified atom stereocenters. The molecule has 0 fully saturated rings. The molecule has 0 aliphatic carbocycles. The van der Waals surface area contributed by atoms with Crippen molar-refractivity contribution in [1.29, 1.82) is 0 Å².